The number of benzene rings is 2. The van der Waals surface area contributed by atoms with Gasteiger partial charge in [-0.05, 0) is 42.5 Å². The Morgan fingerprint density at radius 2 is 1.88 bits per heavy atom. The molecule has 1 amide bonds. The topological polar surface area (TPSA) is 132 Å². The Morgan fingerprint density at radius 1 is 1.19 bits per heavy atom. The van der Waals surface area contributed by atoms with Crippen LogP contribution in [0.1, 0.15) is 11.1 Å². The summed E-state index contributed by atoms with van der Waals surface area (Å²) in [5.74, 6) is -1.34. The van der Waals surface area contributed by atoms with Crippen LogP contribution < -0.4 is 10.6 Å². The summed E-state index contributed by atoms with van der Waals surface area (Å²) in [6.07, 6.45) is 0. The van der Waals surface area contributed by atoms with Gasteiger partial charge >= 0.3 is 5.70 Å². The first-order chi connectivity index (χ1) is 15.3. The number of anilines is 1. The van der Waals surface area contributed by atoms with Gasteiger partial charge in [0.25, 0.3) is 5.91 Å². The van der Waals surface area contributed by atoms with Crippen LogP contribution in [0.4, 0.5) is 5.69 Å². The van der Waals surface area contributed by atoms with E-state index in [1.54, 1.807) is 24.3 Å². The molecule has 0 aromatic heterocycles. The highest BCUT2D eigenvalue weighted by atomic mass is 35.5. The van der Waals surface area contributed by atoms with Crippen molar-refractivity contribution in [1.29, 1.82) is 5.41 Å². The lowest BCUT2D eigenvalue weighted by molar-refractivity contribution is -0.435. The highest BCUT2D eigenvalue weighted by Crippen LogP contribution is 2.54. The van der Waals surface area contributed by atoms with Gasteiger partial charge in [0.05, 0.1) is 10.5 Å². The lowest BCUT2D eigenvalue weighted by Crippen LogP contribution is -2.53. The zero-order valence-electron chi connectivity index (χ0n) is 16.3. The number of carbonyl (C=O) groups excluding carboxylic acids is 1. The van der Waals surface area contributed by atoms with Crippen molar-refractivity contribution in [3.8, 4) is 0 Å². The molecule has 32 heavy (non-hydrogen) atoms. The van der Waals surface area contributed by atoms with Gasteiger partial charge in [-0.25, -0.2) is 0 Å². The maximum Gasteiger partial charge on any atom is 0.311 e. The van der Waals surface area contributed by atoms with Crippen LogP contribution in [0.15, 0.2) is 59.6 Å². The van der Waals surface area contributed by atoms with Crippen molar-refractivity contribution in [3.05, 3.63) is 90.8 Å². The number of amidine groups is 1. The number of nitrogens with zero attached hydrogens (tertiary/aromatic N) is 2. The van der Waals surface area contributed by atoms with E-state index in [1.807, 2.05) is 0 Å². The molecule has 9 nitrogen and oxygen atoms in total. The van der Waals surface area contributed by atoms with Gasteiger partial charge in [-0.1, -0.05) is 23.2 Å². The molecule has 4 N–H and O–H groups in total. The van der Waals surface area contributed by atoms with Crippen LogP contribution in [0.2, 0.25) is 10.0 Å². The number of hydrogen-bond donors (Lipinski definition) is 4. The standard InChI is InChI=1S/C21H15Cl2N5O4/c22-11-3-1-10(2-4-11)16(29)15-18(24)27-8-7-25-19(27)17(28(31)32)21(15)13-9-12(23)5-6-14(13)26-20(21)30/h1-6,9,24-25,29H,7-8H2,(H,26,30)/b16-15+,24-18?/t21-/m0/s1. The number of hydrogen-bond acceptors (Lipinski definition) is 6. The highest BCUT2D eigenvalue weighted by molar-refractivity contribution is 6.31. The van der Waals surface area contributed by atoms with Crippen LogP contribution in [-0.4, -0.2) is 39.8 Å². The molecule has 1 fully saturated rings. The molecule has 3 aliphatic rings. The first kappa shape index (κ1) is 20.3. The van der Waals surface area contributed by atoms with Crippen molar-refractivity contribution >= 4 is 46.4 Å². The summed E-state index contributed by atoms with van der Waals surface area (Å²) in [6, 6.07) is 10.7. The maximum atomic E-state index is 13.6. The van der Waals surface area contributed by atoms with E-state index in [2.05, 4.69) is 10.6 Å². The van der Waals surface area contributed by atoms with Gasteiger partial charge < -0.3 is 20.6 Å². The largest absolute Gasteiger partial charge is 0.507 e. The zero-order chi connectivity index (χ0) is 22.8. The fourth-order valence-electron chi connectivity index (χ4n) is 4.56. The van der Waals surface area contributed by atoms with Gasteiger partial charge in [0.15, 0.2) is 5.82 Å². The average Bonchev–Trinajstić information content (AvgIpc) is 3.33. The van der Waals surface area contributed by atoms with E-state index in [9.17, 15) is 20.0 Å². The summed E-state index contributed by atoms with van der Waals surface area (Å²) < 4.78 is 0. The summed E-state index contributed by atoms with van der Waals surface area (Å²) in [4.78, 5) is 26.7. The first-order valence-corrected chi connectivity index (χ1v) is 10.3. The Hall–Kier alpha value is -3.56. The summed E-state index contributed by atoms with van der Waals surface area (Å²) in [6.45, 7) is 0.604. The number of amides is 1. The van der Waals surface area contributed by atoms with Gasteiger partial charge in [-0.15, -0.1) is 0 Å². The van der Waals surface area contributed by atoms with Crippen molar-refractivity contribution in [2.75, 3.05) is 18.4 Å². The van der Waals surface area contributed by atoms with E-state index >= 15 is 0 Å². The van der Waals surface area contributed by atoms with Gasteiger partial charge in [-0.2, -0.15) is 0 Å². The molecule has 1 saturated heterocycles. The first-order valence-electron chi connectivity index (χ1n) is 9.57. The molecule has 0 saturated carbocycles. The number of aliphatic hydroxyl groups excluding tert-OH is 1. The zero-order valence-corrected chi connectivity index (χ0v) is 17.8. The molecule has 0 unspecified atom stereocenters. The third kappa shape index (κ3) is 2.58. The van der Waals surface area contributed by atoms with Crippen LogP contribution in [0, 0.1) is 15.5 Å². The lowest BCUT2D eigenvalue weighted by atomic mass is 9.68. The average molecular weight is 472 g/mol. The molecule has 3 aliphatic heterocycles. The Balaban J connectivity index is 1.94. The molecule has 0 radical (unpaired) electrons. The fourth-order valence-corrected chi connectivity index (χ4v) is 4.86. The Bertz CT molecular complexity index is 1290. The number of rotatable bonds is 2. The van der Waals surface area contributed by atoms with Crippen LogP contribution in [-0.2, 0) is 10.2 Å². The van der Waals surface area contributed by atoms with Crippen LogP contribution >= 0.6 is 23.2 Å². The quantitative estimate of drug-likeness (QED) is 0.301. The molecule has 2 aromatic rings. The second-order valence-corrected chi connectivity index (χ2v) is 8.38. The molecule has 11 heteroatoms. The summed E-state index contributed by atoms with van der Waals surface area (Å²) >= 11 is 12.2. The number of nitrogens with one attached hydrogen (secondary N) is 3. The normalized spacial score (nSPS) is 23.1. The summed E-state index contributed by atoms with van der Waals surface area (Å²) in [5, 5.41) is 38.9. The van der Waals surface area contributed by atoms with Gasteiger partial charge in [-0.3, -0.25) is 20.3 Å². The third-order valence-electron chi connectivity index (χ3n) is 5.87. The van der Waals surface area contributed by atoms with Crippen LogP contribution in [0.3, 0.4) is 0 Å². The molecule has 0 aliphatic carbocycles. The minimum absolute atomic E-state index is 0.0515. The number of nitro groups is 1. The third-order valence-corrected chi connectivity index (χ3v) is 6.36. The molecule has 162 valence electrons. The van der Waals surface area contributed by atoms with E-state index in [0.29, 0.717) is 17.3 Å². The van der Waals surface area contributed by atoms with Crippen molar-refractivity contribution in [2.24, 2.45) is 0 Å². The smallest absolute Gasteiger partial charge is 0.311 e. The molecular weight excluding hydrogens is 457 g/mol. The summed E-state index contributed by atoms with van der Waals surface area (Å²) in [5.41, 5.74) is -1.98. The number of fused-ring (bicyclic) bond motifs is 3. The lowest BCUT2D eigenvalue weighted by Gasteiger charge is -2.37. The van der Waals surface area contributed by atoms with Crippen molar-refractivity contribution in [1.82, 2.24) is 10.2 Å². The molecule has 2 aromatic carbocycles. The Kier molecular flexibility index (Phi) is 4.44. The number of halogens is 2. The van der Waals surface area contributed by atoms with Crippen molar-refractivity contribution in [2.45, 2.75) is 5.41 Å². The predicted molar refractivity (Wildman–Crippen MR) is 119 cm³/mol. The molecule has 1 spiro atoms. The Morgan fingerprint density at radius 3 is 2.56 bits per heavy atom. The fraction of sp³-hybridized carbons (Fsp3) is 0.143. The predicted octanol–water partition coefficient (Wildman–Crippen LogP) is 3.49. The maximum absolute atomic E-state index is 13.6. The monoisotopic (exact) mass is 471 g/mol. The highest BCUT2D eigenvalue weighted by Gasteiger charge is 2.66. The van der Waals surface area contributed by atoms with Crippen molar-refractivity contribution in [3.63, 3.8) is 0 Å². The molecular formula is C21H15Cl2N5O4. The molecule has 0 bridgehead atoms. The van der Waals surface area contributed by atoms with Gasteiger partial charge in [0.1, 0.15) is 11.6 Å². The second kappa shape index (κ2) is 6.98. The minimum Gasteiger partial charge on any atom is -0.507 e. The van der Waals surface area contributed by atoms with Crippen molar-refractivity contribution < 1.29 is 14.8 Å². The van der Waals surface area contributed by atoms with E-state index in [4.69, 9.17) is 28.6 Å². The number of aliphatic hydroxyl groups is 1. The van der Waals surface area contributed by atoms with E-state index in [1.165, 1.54) is 23.1 Å². The van der Waals surface area contributed by atoms with E-state index in [0.717, 1.165) is 0 Å². The van der Waals surface area contributed by atoms with Crippen LogP contribution in [0.5, 0.6) is 0 Å². The molecule has 5 rings (SSSR count). The SMILES string of the molecule is N=C1/C(=C(\O)c2ccc(Cl)cc2)[C@]2(C(=O)Nc3ccc(Cl)cc32)C([N+](=O)[O-])=C2NCCN12. The minimum atomic E-state index is -2.09. The van der Waals surface area contributed by atoms with E-state index < -0.39 is 27.7 Å². The second-order valence-electron chi connectivity index (χ2n) is 7.51. The Labute approximate surface area is 191 Å². The molecule has 1 atom stereocenters. The summed E-state index contributed by atoms with van der Waals surface area (Å²) in [7, 11) is 0. The van der Waals surface area contributed by atoms with Gasteiger partial charge in [0.2, 0.25) is 5.41 Å². The number of carbonyl (C=O) groups is 1. The van der Waals surface area contributed by atoms with E-state index in [-0.39, 0.29) is 39.9 Å². The molecule has 3 heterocycles. The van der Waals surface area contributed by atoms with Crippen LogP contribution in [0.25, 0.3) is 5.76 Å². The van der Waals surface area contributed by atoms with Gasteiger partial charge in [0, 0.05) is 39.9 Å².